The number of rotatable bonds is 76. The number of hydrogen-bond acceptors (Lipinski definition) is 7. The lowest BCUT2D eigenvalue weighted by atomic mass is 10.0. The van der Waals surface area contributed by atoms with E-state index in [2.05, 4.69) is 172 Å². The van der Waals surface area contributed by atoms with Crippen molar-refractivity contribution < 1.29 is 42.9 Å². The highest BCUT2D eigenvalue weighted by molar-refractivity contribution is 5.71. The van der Waals surface area contributed by atoms with Gasteiger partial charge in [0, 0.05) is 12.8 Å². The van der Waals surface area contributed by atoms with Crippen molar-refractivity contribution in [2.24, 2.45) is 0 Å². The number of carboxylic acids is 1. The summed E-state index contributed by atoms with van der Waals surface area (Å²) in [5.41, 5.74) is 0. The number of aliphatic carboxylic acids is 1. The van der Waals surface area contributed by atoms with E-state index in [0.29, 0.717) is 23.9 Å². The van der Waals surface area contributed by atoms with Gasteiger partial charge in [-0.3, -0.25) is 9.59 Å². The first-order valence-electron chi connectivity index (χ1n) is 41.6. The van der Waals surface area contributed by atoms with Gasteiger partial charge in [-0.25, -0.2) is 4.79 Å². The molecule has 2 unspecified atom stereocenters. The van der Waals surface area contributed by atoms with Crippen LogP contribution < -0.4 is 0 Å². The van der Waals surface area contributed by atoms with Crippen molar-refractivity contribution in [1.82, 2.24) is 0 Å². The van der Waals surface area contributed by atoms with Crippen LogP contribution in [0, 0.1) is 0 Å². The molecule has 0 aliphatic rings. The number of esters is 2. The van der Waals surface area contributed by atoms with E-state index in [1.165, 1.54) is 193 Å². The molecule has 9 heteroatoms. The van der Waals surface area contributed by atoms with Crippen LogP contribution in [0.2, 0.25) is 0 Å². The van der Waals surface area contributed by atoms with E-state index in [9.17, 15) is 19.5 Å². The van der Waals surface area contributed by atoms with E-state index in [0.717, 1.165) is 122 Å². The minimum atomic E-state index is -1.52. The summed E-state index contributed by atoms with van der Waals surface area (Å²) in [4.78, 5) is 37.8. The highest BCUT2D eigenvalue weighted by Gasteiger charge is 2.25. The summed E-state index contributed by atoms with van der Waals surface area (Å²) in [5, 5.41) is 9.78. The molecule has 0 bridgehead atoms. The van der Waals surface area contributed by atoms with Crippen molar-refractivity contribution in [3.8, 4) is 0 Å². The van der Waals surface area contributed by atoms with Gasteiger partial charge < -0.3 is 28.5 Å². The number of hydrogen-bond donors (Lipinski definition) is 1. The van der Waals surface area contributed by atoms with Crippen molar-refractivity contribution in [3.63, 3.8) is 0 Å². The molecular weight excluding hydrogens is 1250 g/mol. The van der Waals surface area contributed by atoms with Gasteiger partial charge in [0.2, 0.25) is 0 Å². The molecule has 0 amide bonds. The van der Waals surface area contributed by atoms with Crippen LogP contribution in [0.25, 0.3) is 0 Å². The number of likely N-dealkylation sites (N-methyl/N-ethyl adjacent to an activating group) is 1. The lowest BCUT2D eigenvalue weighted by Crippen LogP contribution is -2.40. The van der Waals surface area contributed by atoms with E-state index in [1.807, 2.05) is 21.1 Å². The van der Waals surface area contributed by atoms with Crippen LogP contribution >= 0.6 is 0 Å². The van der Waals surface area contributed by atoms with Gasteiger partial charge in [-0.05, 0) is 128 Å². The maximum Gasteiger partial charge on any atom is 0.361 e. The summed E-state index contributed by atoms with van der Waals surface area (Å²) in [6.07, 6.45) is 117. The Bertz CT molecular complexity index is 2230. The van der Waals surface area contributed by atoms with Crippen LogP contribution in [-0.2, 0) is 33.3 Å². The van der Waals surface area contributed by atoms with Crippen LogP contribution in [-0.4, -0.2) is 87.4 Å². The van der Waals surface area contributed by atoms with E-state index < -0.39 is 24.3 Å². The first-order chi connectivity index (χ1) is 49.6. The van der Waals surface area contributed by atoms with Crippen molar-refractivity contribution in [2.45, 2.75) is 360 Å². The molecule has 0 saturated heterocycles. The molecule has 9 nitrogen and oxygen atoms in total. The quantitative estimate of drug-likeness (QED) is 0.0211. The first-order valence-corrected chi connectivity index (χ1v) is 41.6. The minimum absolute atomic E-state index is 0.180. The monoisotopic (exact) mass is 1400 g/mol. The number of nitrogens with zero attached hydrogens (tertiary/aromatic N) is 1. The maximum atomic E-state index is 13.0. The zero-order chi connectivity index (χ0) is 73.2. The third-order valence-electron chi connectivity index (χ3n) is 17.8. The van der Waals surface area contributed by atoms with Crippen LogP contribution in [0.1, 0.15) is 348 Å². The third kappa shape index (κ3) is 82.1. The Kier molecular flexibility index (Phi) is 76.5. The van der Waals surface area contributed by atoms with Gasteiger partial charge in [-0.1, -0.05) is 364 Å². The van der Waals surface area contributed by atoms with Crippen LogP contribution in [0.5, 0.6) is 0 Å². The second kappa shape index (κ2) is 80.6. The summed E-state index contributed by atoms with van der Waals surface area (Å²) < 4.78 is 23.0. The molecule has 576 valence electrons. The van der Waals surface area contributed by atoms with Crippen molar-refractivity contribution in [3.05, 3.63) is 158 Å². The SMILES string of the molecule is CC/C=C\C/C=C\C/C=C\C/C=C\C/C=C\C/C=C\C/C=C\C/C=C\C/C=C\C/C=C\C/C=C\CCCCCCCCCC(=O)OC(COC(=O)CCCCCCCCCCCCCCCCCCCCCCCCC/C=C\C/C=C\CCCCCCC)COC(OCC[N+](C)(C)C)C(=O)O. The molecule has 0 aliphatic carbocycles. The predicted octanol–water partition coefficient (Wildman–Crippen LogP) is 27.1. The molecule has 0 spiro atoms. The van der Waals surface area contributed by atoms with Crippen LogP contribution in [0.4, 0.5) is 0 Å². The fourth-order valence-electron chi connectivity index (χ4n) is 11.5. The molecule has 0 rings (SSSR count). The average molecular weight is 1400 g/mol. The second-order valence-corrected chi connectivity index (χ2v) is 28.7. The maximum absolute atomic E-state index is 13.0. The Hall–Kier alpha value is -5.09. The van der Waals surface area contributed by atoms with E-state index >= 15 is 0 Å². The molecule has 0 aromatic carbocycles. The van der Waals surface area contributed by atoms with Crippen LogP contribution in [0.15, 0.2) is 158 Å². The van der Waals surface area contributed by atoms with E-state index in [4.69, 9.17) is 18.9 Å². The topological polar surface area (TPSA) is 108 Å². The molecule has 1 N–H and O–H groups in total. The Balaban J connectivity index is 4.09. The Labute approximate surface area is 623 Å². The fraction of sp³-hybridized carbons (Fsp3) is 0.685. The molecule has 2 atom stereocenters. The molecule has 0 aromatic rings. The second-order valence-electron chi connectivity index (χ2n) is 28.7. The van der Waals surface area contributed by atoms with Crippen molar-refractivity contribution >= 4 is 17.9 Å². The van der Waals surface area contributed by atoms with Gasteiger partial charge in [0.05, 0.1) is 34.4 Å². The average Bonchev–Trinajstić information content (AvgIpc) is 1.21. The highest BCUT2D eigenvalue weighted by Crippen LogP contribution is 2.18. The lowest BCUT2D eigenvalue weighted by molar-refractivity contribution is -0.870. The van der Waals surface area contributed by atoms with Crippen molar-refractivity contribution in [2.75, 3.05) is 47.5 Å². The fourth-order valence-corrected chi connectivity index (χ4v) is 11.5. The molecular formula is C92H156NO8+. The molecule has 101 heavy (non-hydrogen) atoms. The summed E-state index contributed by atoms with van der Waals surface area (Å²) in [6, 6.07) is 0. The number of carboxylic acid groups (broad SMARTS) is 1. The first kappa shape index (κ1) is 95.9. The zero-order valence-electron chi connectivity index (χ0n) is 66.0. The number of carbonyl (C=O) groups excluding carboxylic acids is 2. The zero-order valence-corrected chi connectivity index (χ0v) is 66.0. The normalized spacial score (nSPS) is 13.5. The Morgan fingerprint density at radius 2 is 0.564 bits per heavy atom. The highest BCUT2D eigenvalue weighted by atomic mass is 16.7. The molecule has 0 aliphatic heterocycles. The van der Waals surface area contributed by atoms with Crippen LogP contribution in [0.3, 0.4) is 0 Å². The molecule has 0 heterocycles. The third-order valence-corrected chi connectivity index (χ3v) is 17.8. The van der Waals surface area contributed by atoms with Gasteiger partial charge in [0.25, 0.3) is 6.29 Å². The molecule has 0 aromatic heterocycles. The summed E-state index contributed by atoms with van der Waals surface area (Å²) in [7, 11) is 5.98. The summed E-state index contributed by atoms with van der Waals surface area (Å²) in [6.45, 7) is 4.76. The number of unbranched alkanes of at least 4 members (excludes halogenated alkanes) is 35. The summed E-state index contributed by atoms with van der Waals surface area (Å²) >= 11 is 0. The lowest BCUT2D eigenvalue weighted by Gasteiger charge is -2.25. The minimum Gasteiger partial charge on any atom is -0.477 e. The largest absolute Gasteiger partial charge is 0.477 e. The molecule has 0 radical (unpaired) electrons. The Morgan fingerprint density at radius 1 is 0.307 bits per heavy atom. The molecule has 0 fully saturated rings. The number of quaternary nitrogens is 1. The van der Waals surface area contributed by atoms with E-state index in [1.54, 1.807) is 0 Å². The number of allylic oxidation sites excluding steroid dienone is 26. The summed E-state index contributed by atoms with van der Waals surface area (Å²) in [5.74, 6) is -2.02. The van der Waals surface area contributed by atoms with E-state index in [-0.39, 0.29) is 32.2 Å². The van der Waals surface area contributed by atoms with Gasteiger partial charge in [0.15, 0.2) is 6.10 Å². The smallest absolute Gasteiger partial charge is 0.361 e. The van der Waals surface area contributed by atoms with Crippen molar-refractivity contribution in [1.29, 1.82) is 0 Å². The van der Waals surface area contributed by atoms with Gasteiger partial charge in [-0.15, -0.1) is 0 Å². The van der Waals surface area contributed by atoms with Gasteiger partial charge in [-0.2, -0.15) is 0 Å². The number of ether oxygens (including phenoxy) is 4. The molecule has 0 saturated carbocycles. The van der Waals surface area contributed by atoms with Gasteiger partial charge in [0.1, 0.15) is 13.2 Å². The van der Waals surface area contributed by atoms with Gasteiger partial charge >= 0.3 is 17.9 Å². The Morgan fingerprint density at radius 3 is 0.842 bits per heavy atom. The standard InChI is InChI=1S/C92H155NO8/c1-6-8-10-12-14-16-18-20-22-24-26-28-30-32-34-36-38-40-42-43-44-45-46-47-49-51-53-55-57-59-61-63-65-67-69-71-73-75-77-79-81-83-90(95)101-88(87-100-92(91(96)97)98-85-84-93(3,4)5)86-99-89(94)82-80-78-76-74-72-70-68-66-64-62-60-58-56-54-52-50-48-41-39-37-35-33-31-29-27-25-23-21-19-17-15-13-11-9-7-2/h8,10,14,16,19-22,25-28,32,34,38,40,43-44,46-47,51,53,57,59,63,65,88,92H,6-7,9,11-13,15,17-18,23-24,29-31,33,35-37,39,41-42,45,48-50,52,54-56,58,60-62,64,66-87H2,1-5H3/p+1/b10-8-,16-14-,21-19-,22-20-,27-25-,28-26-,34-32-,40-38-,44-43-,47-46-,53-51-,59-57-,65-63-. The predicted molar refractivity (Wildman–Crippen MR) is 437 cm³/mol. The number of carbonyl (C=O) groups is 3.